The summed E-state index contributed by atoms with van der Waals surface area (Å²) in [4.78, 5) is 5.38. The Morgan fingerprint density at radius 2 is 1.77 bits per heavy atom. The molecule has 1 heterocycles. The first-order valence-corrected chi connectivity index (χ1v) is 10.8. The summed E-state index contributed by atoms with van der Waals surface area (Å²) in [5.41, 5.74) is 2.25. The van der Waals surface area contributed by atoms with Crippen LogP contribution in [-0.4, -0.2) is 30.6 Å². The predicted molar refractivity (Wildman–Crippen MR) is 117 cm³/mol. The zero-order valence-corrected chi connectivity index (χ0v) is 18.0. The lowest BCUT2D eigenvalue weighted by atomic mass is 9.72. The molecule has 0 bridgehead atoms. The van der Waals surface area contributed by atoms with Gasteiger partial charge in [-0.1, -0.05) is 30.3 Å². The van der Waals surface area contributed by atoms with E-state index in [1.54, 1.807) is 6.20 Å². The summed E-state index contributed by atoms with van der Waals surface area (Å²) in [6, 6.07) is 14.5. The average molecular weight is 431 g/mol. The van der Waals surface area contributed by atoms with E-state index >= 15 is 0 Å². The highest BCUT2D eigenvalue weighted by atomic mass is 19.4. The van der Waals surface area contributed by atoms with Gasteiger partial charge in [-0.15, -0.1) is 0 Å². The minimum Gasteiger partial charge on any atom is -0.376 e. The Labute approximate surface area is 181 Å². The van der Waals surface area contributed by atoms with E-state index in [9.17, 15) is 13.2 Å². The summed E-state index contributed by atoms with van der Waals surface area (Å²) in [6.45, 7) is 0.944. The lowest BCUT2D eigenvalue weighted by molar-refractivity contribution is -0.137. The van der Waals surface area contributed by atoms with Crippen molar-refractivity contribution in [1.82, 2.24) is 9.88 Å². The summed E-state index contributed by atoms with van der Waals surface area (Å²) in [6.07, 6.45) is 1.68. The standard InChI is InChI=1S/C25H29F3N2O/c1-30(2)24(20-6-4-3-5-7-20)12-10-18(11-13-24)16-31-17-19-15-29-23-9-8-21(14-22(19)23)25(26,27)28/h3-9,14-15,18,29H,10-13,16-17H2,1-2H3. The molecule has 0 unspecified atom stereocenters. The monoisotopic (exact) mass is 430 g/mol. The third-order valence-electron chi connectivity index (χ3n) is 6.81. The smallest absolute Gasteiger partial charge is 0.376 e. The van der Waals surface area contributed by atoms with Crippen molar-refractivity contribution in [3.63, 3.8) is 0 Å². The number of alkyl halides is 3. The van der Waals surface area contributed by atoms with Crippen molar-refractivity contribution in [2.45, 2.75) is 44.0 Å². The molecule has 0 saturated heterocycles. The quantitative estimate of drug-likeness (QED) is 0.494. The van der Waals surface area contributed by atoms with Crippen LogP contribution in [-0.2, 0) is 23.1 Å². The molecule has 1 aromatic heterocycles. The molecule has 6 heteroatoms. The van der Waals surface area contributed by atoms with E-state index in [-0.39, 0.29) is 5.54 Å². The third-order valence-corrected chi connectivity index (χ3v) is 6.81. The Morgan fingerprint density at radius 3 is 2.42 bits per heavy atom. The number of nitrogens with zero attached hydrogens (tertiary/aromatic N) is 1. The molecule has 166 valence electrons. The Hall–Kier alpha value is -2.31. The fourth-order valence-corrected chi connectivity index (χ4v) is 4.87. The van der Waals surface area contributed by atoms with Gasteiger partial charge in [0.1, 0.15) is 0 Å². The van der Waals surface area contributed by atoms with Gasteiger partial charge in [0.25, 0.3) is 0 Å². The summed E-state index contributed by atoms with van der Waals surface area (Å²) < 4.78 is 45.1. The van der Waals surface area contributed by atoms with Crippen molar-refractivity contribution in [1.29, 1.82) is 0 Å². The van der Waals surface area contributed by atoms with Crippen LogP contribution in [0.5, 0.6) is 0 Å². The van der Waals surface area contributed by atoms with Gasteiger partial charge in [-0.2, -0.15) is 13.2 Å². The van der Waals surface area contributed by atoms with Gasteiger partial charge in [-0.3, -0.25) is 4.90 Å². The molecule has 1 aliphatic rings. The Morgan fingerprint density at radius 1 is 1.06 bits per heavy atom. The maximum absolute atomic E-state index is 13.0. The van der Waals surface area contributed by atoms with Crippen LogP contribution >= 0.6 is 0 Å². The number of hydrogen-bond donors (Lipinski definition) is 1. The van der Waals surface area contributed by atoms with Crippen LogP contribution < -0.4 is 0 Å². The van der Waals surface area contributed by atoms with E-state index in [2.05, 4.69) is 54.3 Å². The molecule has 2 aromatic carbocycles. The van der Waals surface area contributed by atoms with Gasteiger partial charge in [0.2, 0.25) is 0 Å². The molecule has 1 fully saturated rings. The summed E-state index contributed by atoms with van der Waals surface area (Å²) in [5.74, 6) is 0.465. The molecule has 0 radical (unpaired) electrons. The van der Waals surface area contributed by atoms with Crippen molar-refractivity contribution >= 4 is 10.9 Å². The van der Waals surface area contributed by atoms with E-state index in [0.29, 0.717) is 30.0 Å². The van der Waals surface area contributed by atoms with Gasteiger partial charge in [-0.25, -0.2) is 0 Å². The number of fused-ring (bicyclic) bond motifs is 1. The number of aromatic nitrogens is 1. The molecular formula is C25H29F3N2O. The van der Waals surface area contributed by atoms with Crippen molar-refractivity contribution < 1.29 is 17.9 Å². The molecule has 1 saturated carbocycles. The van der Waals surface area contributed by atoms with Crippen LogP contribution in [0, 0.1) is 5.92 Å². The number of hydrogen-bond acceptors (Lipinski definition) is 2. The number of halogens is 3. The van der Waals surface area contributed by atoms with Gasteiger partial charge in [0.05, 0.1) is 12.2 Å². The molecule has 0 aliphatic heterocycles. The molecule has 0 amide bonds. The van der Waals surface area contributed by atoms with Crippen LogP contribution in [0.25, 0.3) is 10.9 Å². The zero-order valence-electron chi connectivity index (χ0n) is 18.0. The largest absolute Gasteiger partial charge is 0.416 e. The number of aromatic amines is 1. The SMILES string of the molecule is CN(C)C1(c2ccccc2)CCC(COCc2c[nH]c3ccc(C(F)(F)F)cc23)CC1. The molecule has 0 atom stereocenters. The number of benzene rings is 2. The molecular weight excluding hydrogens is 401 g/mol. The molecule has 31 heavy (non-hydrogen) atoms. The van der Waals surface area contributed by atoms with E-state index in [4.69, 9.17) is 4.74 Å². The van der Waals surface area contributed by atoms with Crippen molar-refractivity contribution in [2.24, 2.45) is 5.92 Å². The first-order valence-electron chi connectivity index (χ1n) is 10.8. The highest BCUT2D eigenvalue weighted by molar-refractivity contribution is 5.83. The fourth-order valence-electron chi connectivity index (χ4n) is 4.87. The van der Waals surface area contributed by atoms with Gasteiger partial charge in [0, 0.05) is 34.8 Å². The molecule has 4 rings (SSSR count). The molecule has 0 spiro atoms. The fraction of sp³-hybridized carbons (Fsp3) is 0.440. The zero-order chi connectivity index (χ0) is 22.1. The van der Waals surface area contributed by atoms with E-state index in [1.807, 2.05) is 0 Å². The van der Waals surface area contributed by atoms with Gasteiger partial charge >= 0.3 is 6.18 Å². The van der Waals surface area contributed by atoms with Crippen molar-refractivity contribution in [2.75, 3.05) is 20.7 Å². The van der Waals surface area contributed by atoms with Crippen LogP contribution in [0.15, 0.2) is 54.7 Å². The van der Waals surface area contributed by atoms with Crippen LogP contribution in [0.3, 0.4) is 0 Å². The second-order valence-corrected chi connectivity index (χ2v) is 8.82. The van der Waals surface area contributed by atoms with E-state index in [1.165, 1.54) is 17.7 Å². The maximum Gasteiger partial charge on any atom is 0.416 e. The minimum atomic E-state index is -4.34. The first-order chi connectivity index (χ1) is 14.8. The third kappa shape index (κ3) is 4.51. The van der Waals surface area contributed by atoms with Gasteiger partial charge in [0.15, 0.2) is 0 Å². The van der Waals surface area contributed by atoms with Crippen LogP contribution in [0.2, 0.25) is 0 Å². The summed E-state index contributed by atoms with van der Waals surface area (Å²) >= 11 is 0. The van der Waals surface area contributed by atoms with E-state index in [0.717, 1.165) is 37.3 Å². The minimum absolute atomic E-state index is 0.0581. The van der Waals surface area contributed by atoms with Gasteiger partial charge in [-0.05, 0) is 69.5 Å². The highest BCUT2D eigenvalue weighted by Gasteiger charge is 2.38. The van der Waals surface area contributed by atoms with Crippen LogP contribution in [0.1, 0.15) is 42.4 Å². The normalized spacial score (nSPS) is 22.3. The topological polar surface area (TPSA) is 28.3 Å². The first kappa shape index (κ1) is 21.9. The summed E-state index contributed by atoms with van der Waals surface area (Å²) in [5, 5.41) is 0.578. The summed E-state index contributed by atoms with van der Waals surface area (Å²) in [7, 11) is 4.30. The van der Waals surface area contributed by atoms with Crippen molar-refractivity contribution in [3.05, 3.63) is 71.4 Å². The number of rotatable bonds is 6. The number of H-pyrrole nitrogens is 1. The second kappa shape index (κ2) is 8.67. The Balaban J connectivity index is 1.36. The average Bonchev–Trinajstić information content (AvgIpc) is 3.16. The Bertz CT molecular complexity index is 1000. The number of nitrogens with one attached hydrogen (secondary N) is 1. The molecule has 3 aromatic rings. The van der Waals surface area contributed by atoms with Gasteiger partial charge < -0.3 is 9.72 Å². The lowest BCUT2D eigenvalue weighted by Crippen LogP contribution is -2.44. The van der Waals surface area contributed by atoms with Crippen LogP contribution in [0.4, 0.5) is 13.2 Å². The highest BCUT2D eigenvalue weighted by Crippen LogP contribution is 2.43. The maximum atomic E-state index is 13.0. The molecule has 1 N–H and O–H groups in total. The molecule has 1 aliphatic carbocycles. The lowest BCUT2D eigenvalue weighted by Gasteiger charge is -2.45. The molecule has 3 nitrogen and oxygen atoms in total. The number of ether oxygens (including phenoxy) is 1. The second-order valence-electron chi connectivity index (χ2n) is 8.82. The Kier molecular flexibility index (Phi) is 6.13. The van der Waals surface area contributed by atoms with Crippen molar-refractivity contribution in [3.8, 4) is 0 Å². The predicted octanol–water partition coefficient (Wildman–Crippen LogP) is 6.35. The van der Waals surface area contributed by atoms with E-state index < -0.39 is 11.7 Å².